The number of carbonyl (C=O) groups excluding carboxylic acids is 2. The first-order valence-corrected chi connectivity index (χ1v) is 6.33. The molecule has 0 aliphatic rings. The number of aliphatic imine (C=N–C) groups is 1. The number of nitrogens with one attached hydrogen (secondary N) is 2. The highest BCUT2D eigenvalue weighted by Crippen LogP contribution is 2.06. The van der Waals surface area contributed by atoms with Crippen molar-refractivity contribution in [2.24, 2.45) is 22.4 Å². The molecule has 1 amide bonds. The Morgan fingerprint density at radius 2 is 1.94 bits per heavy atom. The van der Waals surface area contributed by atoms with E-state index < -0.39 is 6.04 Å². The summed E-state index contributed by atoms with van der Waals surface area (Å²) in [4.78, 5) is 26.3. The maximum atomic E-state index is 11.6. The minimum atomic E-state index is -0.504. The van der Waals surface area contributed by atoms with E-state index in [4.69, 9.17) is 16.9 Å². The molecule has 18 heavy (non-hydrogen) atoms. The van der Waals surface area contributed by atoms with Crippen molar-refractivity contribution >= 4 is 34.6 Å². The topological polar surface area (TPSA) is 134 Å². The van der Waals surface area contributed by atoms with E-state index in [2.05, 4.69) is 10.3 Å². The first kappa shape index (κ1) is 16.4. The molecule has 1 atom stereocenters. The number of nitrogens with two attached hydrogens (primary N) is 2. The molecule has 0 aromatic rings. The highest BCUT2D eigenvalue weighted by molar-refractivity contribution is 8.14. The SMILES string of the molecule is CC(=O)C(NC(=O)CSC(=N)N=C(N)N)C(C)C. The van der Waals surface area contributed by atoms with Gasteiger partial charge in [-0.1, -0.05) is 25.6 Å². The molecule has 7 nitrogen and oxygen atoms in total. The van der Waals surface area contributed by atoms with Crippen molar-refractivity contribution in [3.63, 3.8) is 0 Å². The first-order valence-electron chi connectivity index (χ1n) is 5.34. The molecule has 0 aliphatic carbocycles. The number of Topliss-reactive ketones (excluding diaryl/α,β-unsaturated/α-hetero) is 1. The molecule has 1 unspecified atom stereocenters. The van der Waals surface area contributed by atoms with Gasteiger partial charge >= 0.3 is 0 Å². The van der Waals surface area contributed by atoms with Crippen molar-refractivity contribution in [1.29, 1.82) is 5.41 Å². The zero-order chi connectivity index (χ0) is 14.3. The molecule has 0 rings (SSSR count). The minimum absolute atomic E-state index is 0.00782. The van der Waals surface area contributed by atoms with E-state index in [1.165, 1.54) is 6.92 Å². The highest BCUT2D eigenvalue weighted by Gasteiger charge is 2.20. The van der Waals surface area contributed by atoms with Crippen LogP contribution in [0.15, 0.2) is 4.99 Å². The number of thioether (sulfide) groups is 1. The summed E-state index contributed by atoms with van der Waals surface area (Å²) in [5.74, 6) is -0.635. The van der Waals surface area contributed by atoms with Gasteiger partial charge in [-0.25, -0.2) is 0 Å². The zero-order valence-electron chi connectivity index (χ0n) is 10.7. The maximum Gasteiger partial charge on any atom is 0.231 e. The van der Waals surface area contributed by atoms with E-state index >= 15 is 0 Å². The Kier molecular flexibility index (Phi) is 7.03. The van der Waals surface area contributed by atoms with Crippen LogP contribution in [0.1, 0.15) is 20.8 Å². The number of nitrogens with zero attached hydrogens (tertiary/aromatic N) is 1. The molecule has 0 saturated heterocycles. The molecular formula is C10H19N5O2S. The summed E-state index contributed by atoms with van der Waals surface area (Å²) < 4.78 is 0. The molecule has 6 N–H and O–H groups in total. The fourth-order valence-corrected chi connectivity index (χ4v) is 1.76. The Morgan fingerprint density at radius 3 is 2.33 bits per heavy atom. The predicted molar refractivity (Wildman–Crippen MR) is 73.4 cm³/mol. The van der Waals surface area contributed by atoms with Gasteiger partial charge in [0.05, 0.1) is 11.8 Å². The zero-order valence-corrected chi connectivity index (χ0v) is 11.5. The van der Waals surface area contributed by atoms with Crippen LogP contribution in [0.4, 0.5) is 0 Å². The molecule has 0 heterocycles. The average Bonchev–Trinajstić information content (AvgIpc) is 2.21. The normalized spacial score (nSPS) is 11.8. The number of hydrogen-bond donors (Lipinski definition) is 4. The molecule has 0 aliphatic heterocycles. The molecule has 0 aromatic heterocycles. The summed E-state index contributed by atoms with van der Waals surface area (Å²) in [6, 6.07) is -0.504. The van der Waals surface area contributed by atoms with Crippen molar-refractivity contribution < 1.29 is 9.59 Å². The lowest BCUT2D eigenvalue weighted by Gasteiger charge is -2.19. The third kappa shape index (κ3) is 6.89. The Hall–Kier alpha value is -1.57. The first-order chi connectivity index (χ1) is 8.23. The van der Waals surface area contributed by atoms with Gasteiger partial charge in [-0.2, -0.15) is 4.99 Å². The van der Waals surface area contributed by atoms with Gasteiger partial charge in [0.15, 0.2) is 16.9 Å². The monoisotopic (exact) mass is 273 g/mol. The molecule has 0 fully saturated rings. The molecule has 0 aromatic carbocycles. The number of amidine groups is 1. The Labute approximate surface area is 110 Å². The molecular weight excluding hydrogens is 254 g/mol. The van der Waals surface area contributed by atoms with Crippen LogP contribution in [0.2, 0.25) is 0 Å². The maximum absolute atomic E-state index is 11.6. The van der Waals surface area contributed by atoms with Crippen molar-refractivity contribution in [2.45, 2.75) is 26.8 Å². The number of hydrogen-bond acceptors (Lipinski definition) is 4. The summed E-state index contributed by atoms with van der Waals surface area (Å²) in [5, 5.41) is 9.80. The fourth-order valence-electron chi connectivity index (χ4n) is 1.24. The fraction of sp³-hybridized carbons (Fsp3) is 0.600. The number of carbonyl (C=O) groups is 2. The summed E-state index contributed by atoms with van der Waals surface area (Å²) in [6.45, 7) is 5.13. The van der Waals surface area contributed by atoms with Crippen molar-refractivity contribution in [1.82, 2.24) is 5.32 Å². The quantitative estimate of drug-likeness (QED) is 0.401. The third-order valence-corrected chi connectivity index (χ3v) is 2.76. The lowest BCUT2D eigenvalue weighted by atomic mass is 10.0. The van der Waals surface area contributed by atoms with E-state index in [1.54, 1.807) is 0 Å². The molecule has 0 radical (unpaired) electrons. The second-order valence-corrected chi connectivity index (χ2v) is 4.99. The largest absolute Gasteiger partial charge is 0.370 e. The smallest absolute Gasteiger partial charge is 0.231 e. The van der Waals surface area contributed by atoms with Crippen LogP contribution in [0.5, 0.6) is 0 Å². The summed E-state index contributed by atoms with van der Waals surface area (Å²) in [5.41, 5.74) is 10.2. The number of guanidine groups is 1. The number of rotatable bonds is 5. The third-order valence-electron chi connectivity index (χ3n) is 1.99. The molecule has 8 heteroatoms. The van der Waals surface area contributed by atoms with Crippen molar-refractivity contribution in [3.8, 4) is 0 Å². The van der Waals surface area contributed by atoms with Gasteiger partial charge in [-0.3, -0.25) is 15.0 Å². The lowest BCUT2D eigenvalue weighted by molar-refractivity contribution is -0.126. The second kappa shape index (κ2) is 7.70. The standard InChI is InChI=1S/C10H19N5O2S/c1-5(2)8(6(3)16)14-7(17)4-18-10(13)15-9(11)12/h5,8H,4H2,1-3H3,(H,14,17)(H5,11,12,13,15). The van der Waals surface area contributed by atoms with Gasteiger partial charge in [0.25, 0.3) is 0 Å². The highest BCUT2D eigenvalue weighted by atomic mass is 32.2. The average molecular weight is 273 g/mol. The van der Waals surface area contributed by atoms with Gasteiger partial charge in [-0.15, -0.1) is 0 Å². The Balaban J connectivity index is 4.23. The van der Waals surface area contributed by atoms with E-state index in [0.29, 0.717) is 0 Å². The van der Waals surface area contributed by atoms with Crippen LogP contribution < -0.4 is 16.8 Å². The lowest BCUT2D eigenvalue weighted by Crippen LogP contribution is -2.44. The van der Waals surface area contributed by atoms with Crippen molar-refractivity contribution in [3.05, 3.63) is 0 Å². The van der Waals surface area contributed by atoms with Crippen molar-refractivity contribution in [2.75, 3.05) is 5.75 Å². The van der Waals surface area contributed by atoms with Gasteiger partial charge in [0, 0.05) is 0 Å². The molecule has 0 saturated carbocycles. The summed E-state index contributed by atoms with van der Waals surface area (Å²) in [6.07, 6.45) is 0. The number of amides is 1. The van der Waals surface area contributed by atoms with Gasteiger partial charge in [-0.05, 0) is 12.8 Å². The minimum Gasteiger partial charge on any atom is -0.370 e. The Morgan fingerprint density at radius 1 is 1.39 bits per heavy atom. The van der Waals surface area contributed by atoms with E-state index in [0.717, 1.165) is 11.8 Å². The van der Waals surface area contributed by atoms with Crippen LogP contribution in [-0.4, -0.2) is 34.6 Å². The van der Waals surface area contributed by atoms with Crippen LogP contribution in [0.3, 0.4) is 0 Å². The van der Waals surface area contributed by atoms with Crippen LogP contribution in [0, 0.1) is 11.3 Å². The van der Waals surface area contributed by atoms with Gasteiger partial charge in [0.1, 0.15) is 0 Å². The van der Waals surface area contributed by atoms with E-state index in [-0.39, 0.29) is 34.5 Å². The van der Waals surface area contributed by atoms with E-state index in [1.807, 2.05) is 13.8 Å². The van der Waals surface area contributed by atoms with Gasteiger partial charge < -0.3 is 16.8 Å². The van der Waals surface area contributed by atoms with Gasteiger partial charge in [0.2, 0.25) is 5.91 Å². The van der Waals surface area contributed by atoms with Crippen LogP contribution in [-0.2, 0) is 9.59 Å². The predicted octanol–water partition coefficient (Wildman–Crippen LogP) is -0.342. The van der Waals surface area contributed by atoms with Crippen LogP contribution in [0.25, 0.3) is 0 Å². The van der Waals surface area contributed by atoms with E-state index in [9.17, 15) is 9.59 Å². The second-order valence-electron chi connectivity index (χ2n) is 4.03. The summed E-state index contributed by atoms with van der Waals surface area (Å²) in [7, 11) is 0. The Bertz CT molecular complexity index is 363. The molecule has 0 spiro atoms. The number of ketones is 1. The van der Waals surface area contributed by atoms with Crippen LogP contribution >= 0.6 is 11.8 Å². The molecule has 102 valence electrons. The summed E-state index contributed by atoms with van der Waals surface area (Å²) >= 11 is 0.891. The molecule has 0 bridgehead atoms.